The van der Waals surface area contributed by atoms with E-state index in [9.17, 15) is 0 Å². The van der Waals surface area contributed by atoms with Gasteiger partial charge in [-0.1, -0.05) is 29.8 Å². The van der Waals surface area contributed by atoms with Crippen LogP contribution in [0.1, 0.15) is 18.0 Å². The Morgan fingerprint density at radius 1 is 1.36 bits per heavy atom. The Hall–Kier alpha value is -0.570. The smallest absolute Gasteiger partial charge is 0.0453 e. The predicted octanol–water partition coefficient (Wildman–Crippen LogP) is 2.29. The molecule has 2 N–H and O–H groups in total. The zero-order chi connectivity index (χ0) is 10.6. The molecule has 0 radical (unpaired) electrons. The molecular weight excluding hydrogens is 196 g/mol. The van der Waals surface area contributed by atoms with Crippen LogP contribution in [-0.4, -0.2) is 25.5 Å². The van der Waals surface area contributed by atoms with E-state index in [-0.39, 0.29) is 0 Å². The van der Waals surface area contributed by atoms with Crippen molar-refractivity contribution in [2.75, 3.05) is 20.6 Å². The molecule has 0 unspecified atom stereocenters. The fourth-order valence-electron chi connectivity index (χ4n) is 1.60. The maximum Gasteiger partial charge on any atom is 0.0453 e. The van der Waals surface area contributed by atoms with Gasteiger partial charge < -0.3 is 10.6 Å². The number of hydrogen-bond acceptors (Lipinski definition) is 2. The summed E-state index contributed by atoms with van der Waals surface area (Å²) in [7, 11) is 4.09. The summed E-state index contributed by atoms with van der Waals surface area (Å²) >= 11 is 6.13. The molecular formula is C11H17ClN2. The molecule has 78 valence electrons. The highest BCUT2D eigenvalue weighted by Crippen LogP contribution is 2.27. The molecule has 1 rings (SSSR count). The molecule has 0 aliphatic carbocycles. The lowest BCUT2D eigenvalue weighted by molar-refractivity contribution is 0.287. The minimum atomic E-state index is 0.314. The van der Waals surface area contributed by atoms with Crippen LogP contribution in [0, 0.1) is 0 Å². The van der Waals surface area contributed by atoms with Gasteiger partial charge in [0.2, 0.25) is 0 Å². The third-order valence-corrected chi connectivity index (χ3v) is 2.67. The molecule has 1 aromatic rings. The highest BCUT2D eigenvalue weighted by molar-refractivity contribution is 6.31. The Morgan fingerprint density at radius 3 is 2.50 bits per heavy atom. The second-order valence-electron chi connectivity index (χ2n) is 3.58. The molecule has 0 aliphatic heterocycles. The molecule has 0 saturated heterocycles. The molecule has 0 fully saturated rings. The number of nitrogens with two attached hydrogens (primary N) is 1. The highest BCUT2D eigenvalue weighted by Gasteiger charge is 2.15. The molecule has 14 heavy (non-hydrogen) atoms. The van der Waals surface area contributed by atoms with E-state index >= 15 is 0 Å². The van der Waals surface area contributed by atoms with E-state index in [1.54, 1.807) is 0 Å². The zero-order valence-corrected chi connectivity index (χ0v) is 9.46. The fraction of sp³-hybridized carbons (Fsp3) is 0.455. The molecule has 0 saturated carbocycles. The Bertz CT molecular complexity index is 286. The first-order valence-electron chi connectivity index (χ1n) is 4.77. The summed E-state index contributed by atoms with van der Waals surface area (Å²) in [6.07, 6.45) is 0.927. The van der Waals surface area contributed by atoms with Crippen LogP contribution in [-0.2, 0) is 0 Å². The van der Waals surface area contributed by atoms with Crippen LogP contribution in [0.15, 0.2) is 24.3 Å². The normalized spacial score (nSPS) is 13.2. The first-order chi connectivity index (χ1) is 6.66. The molecule has 3 heteroatoms. The van der Waals surface area contributed by atoms with Crippen molar-refractivity contribution in [3.63, 3.8) is 0 Å². The van der Waals surface area contributed by atoms with Gasteiger partial charge in [-0.25, -0.2) is 0 Å². The average molecular weight is 213 g/mol. The second-order valence-corrected chi connectivity index (χ2v) is 3.99. The Balaban J connectivity index is 2.93. The minimum absolute atomic E-state index is 0.314. The van der Waals surface area contributed by atoms with Crippen LogP contribution in [0.25, 0.3) is 0 Å². The molecule has 2 nitrogen and oxygen atoms in total. The van der Waals surface area contributed by atoms with Gasteiger partial charge in [0.25, 0.3) is 0 Å². The SMILES string of the molecule is CN(C)[C@H](CCN)c1ccccc1Cl. The largest absolute Gasteiger partial charge is 0.330 e. The third kappa shape index (κ3) is 2.71. The molecule has 0 heterocycles. The summed E-state index contributed by atoms with van der Waals surface area (Å²) in [6.45, 7) is 0.675. The van der Waals surface area contributed by atoms with Gasteiger partial charge in [0.15, 0.2) is 0 Å². The van der Waals surface area contributed by atoms with Crippen molar-refractivity contribution in [3.8, 4) is 0 Å². The monoisotopic (exact) mass is 212 g/mol. The number of halogens is 1. The van der Waals surface area contributed by atoms with Crippen LogP contribution in [0.4, 0.5) is 0 Å². The van der Waals surface area contributed by atoms with Gasteiger partial charge >= 0.3 is 0 Å². The minimum Gasteiger partial charge on any atom is -0.330 e. The van der Waals surface area contributed by atoms with E-state index in [0.717, 1.165) is 17.0 Å². The van der Waals surface area contributed by atoms with Crippen LogP contribution >= 0.6 is 11.6 Å². The zero-order valence-electron chi connectivity index (χ0n) is 8.70. The summed E-state index contributed by atoms with van der Waals surface area (Å²) < 4.78 is 0. The fourth-order valence-corrected chi connectivity index (χ4v) is 1.86. The van der Waals surface area contributed by atoms with E-state index in [1.165, 1.54) is 0 Å². The van der Waals surface area contributed by atoms with E-state index in [2.05, 4.69) is 11.0 Å². The number of benzene rings is 1. The van der Waals surface area contributed by atoms with Crippen molar-refractivity contribution in [2.24, 2.45) is 5.73 Å². The van der Waals surface area contributed by atoms with Crippen LogP contribution in [0.5, 0.6) is 0 Å². The topological polar surface area (TPSA) is 29.3 Å². The van der Waals surface area contributed by atoms with Crippen LogP contribution in [0.3, 0.4) is 0 Å². The third-order valence-electron chi connectivity index (χ3n) is 2.33. The average Bonchev–Trinajstić information content (AvgIpc) is 2.15. The molecule has 1 atom stereocenters. The maximum absolute atomic E-state index is 6.13. The maximum atomic E-state index is 6.13. The number of hydrogen-bond donors (Lipinski definition) is 1. The molecule has 0 amide bonds. The Morgan fingerprint density at radius 2 is 2.00 bits per heavy atom. The lowest BCUT2D eigenvalue weighted by Gasteiger charge is -2.25. The number of nitrogens with zero attached hydrogens (tertiary/aromatic N) is 1. The molecule has 0 bridgehead atoms. The van der Waals surface area contributed by atoms with Crippen molar-refractivity contribution in [2.45, 2.75) is 12.5 Å². The van der Waals surface area contributed by atoms with Crippen molar-refractivity contribution in [1.29, 1.82) is 0 Å². The van der Waals surface area contributed by atoms with E-state index in [1.807, 2.05) is 32.3 Å². The van der Waals surface area contributed by atoms with Gasteiger partial charge in [0, 0.05) is 11.1 Å². The van der Waals surface area contributed by atoms with Gasteiger partial charge in [-0.15, -0.1) is 0 Å². The van der Waals surface area contributed by atoms with Gasteiger partial charge in [-0.05, 0) is 38.7 Å². The number of rotatable bonds is 4. The molecule has 1 aromatic carbocycles. The quantitative estimate of drug-likeness (QED) is 0.830. The summed E-state index contributed by atoms with van der Waals surface area (Å²) in [4.78, 5) is 2.15. The predicted molar refractivity (Wildman–Crippen MR) is 61.6 cm³/mol. The Labute approximate surface area is 90.7 Å². The highest BCUT2D eigenvalue weighted by atomic mass is 35.5. The first kappa shape index (κ1) is 11.5. The Kier molecular flexibility index (Phi) is 4.39. The van der Waals surface area contributed by atoms with Crippen molar-refractivity contribution >= 4 is 11.6 Å². The summed E-state index contributed by atoms with van der Waals surface area (Å²) in [5.74, 6) is 0. The van der Waals surface area contributed by atoms with Gasteiger partial charge in [0.1, 0.15) is 0 Å². The second kappa shape index (κ2) is 5.35. The van der Waals surface area contributed by atoms with E-state index in [0.29, 0.717) is 12.6 Å². The van der Waals surface area contributed by atoms with Gasteiger partial charge in [-0.3, -0.25) is 0 Å². The van der Waals surface area contributed by atoms with Gasteiger partial charge in [0.05, 0.1) is 0 Å². The summed E-state index contributed by atoms with van der Waals surface area (Å²) in [6, 6.07) is 8.25. The summed E-state index contributed by atoms with van der Waals surface area (Å²) in [5, 5.41) is 0.819. The molecule has 0 aromatic heterocycles. The van der Waals surface area contributed by atoms with Crippen LogP contribution < -0.4 is 5.73 Å². The summed E-state index contributed by atoms with van der Waals surface area (Å²) in [5.41, 5.74) is 6.74. The standard InChI is InChI=1S/C11H17ClN2/c1-14(2)11(7-8-13)9-5-3-4-6-10(9)12/h3-6,11H,7-8,13H2,1-2H3/t11-/m1/s1. The van der Waals surface area contributed by atoms with E-state index in [4.69, 9.17) is 17.3 Å². The lowest BCUT2D eigenvalue weighted by atomic mass is 10.0. The van der Waals surface area contributed by atoms with E-state index < -0.39 is 0 Å². The van der Waals surface area contributed by atoms with Crippen molar-refractivity contribution in [1.82, 2.24) is 4.90 Å². The van der Waals surface area contributed by atoms with Gasteiger partial charge in [-0.2, -0.15) is 0 Å². The first-order valence-corrected chi connectivity index (χ1v) is 5.15. The van der Waals surface area contributed by atoms with Crippen molar-refractivity contribution < 1.29 is 0 Å². The molecule has 0 spiro atoms. The van der Waals surface area contributed by atoms with Crippen molar-refractivity contribution in [3.05, 3.63) is 34.9 Å². The lowest BCUT2D eigenvalue weighted by Crippen LogP contribution is -2.23. The van der Waals surface area contributed by atoms with Crippen LogP contribution in [0.2, 0.25) is 5.02 Å². The molecule has 0 aliphatic rings.